The van der Waals surface area contributed by atoms with Gasteiger partial charge in [-0.2, -0.15) is 5.10 Å². The molecule has 3 aromatic rings. The van der Waals surface area contributed by atoms with E-state index in [-0.39, 0.29) is 18.2 Å². The fourth-order valence-electron chi connectivity index (χ4n) is 2.86. The van der Waals surface area contributed by atoms with Gasteiger partial charge in [0.25, 0.3) is 0 Å². The Morgan fingerprint density at radius 1 is 1.15 bits per heavy atom. The number of nitrogens with one attached hydrogen (secondary N) is 1. The molecular weight excluding hydrogens is 335 g/mol. The highest BCUT2D eigenvalue weighted by Crippen LogP contribution is 2.39. The zero-order valence-corrected chi connectivity index (χ0v) is 13.9. The average molecular weight is 352 g/mol. The van der Waals surface area contributed by atoms with Crippen LogP contribution in [-0.2, 0) is 11.3 Å². The fraction of sp³-hybridized carbons (Fsp3) is 0.211. The van der Waals surface area contributed by atoms with E-state index in [0.29, 0.717) is 11.5 Å². The summed E-state index contributed by atoms with van der Waals surface area (Å²) in [5.74, 6) is 0.0530. The quantitative estimate of drug-likeness (QED) is 0.768. The summed E-state index contributed by atoms with van der Waals surface area (Å²) in [6, 6.07) is 14.9. The minimum Gasteiger partial charge on any atom is -0.324 e. The van der Waals surface area contributed by atoms with Crippen LogP contribution in [0.5, 0.6) is 0 Å². The van der Waals surface area contributed by atoms with E-state index in [1.165, 1.54) is 18.2 Å². The van der Waals surface area contributed by atoms with Crippen LogP contribution in [0.15, 0.2) is 59.4 Å². The van der Waals surface area contributed by atoms with Crippen LogP contribution in [-0.4, -0.2) is 20.3 Å². The summed E-state index contributed by atoms with van der Waals surface area (Å²) in [5.41, 5.74) is 0.719. The smallest absolute Gasteiger partial charge is 0.324 e. The maximum atomic E-state index is 13.2. The molecule has 0 radical (unpaired) electrons. The highest BCUT2D eigenvalue weighted by Gasteiger charge is 2.31. The van der Waals surface area contributed by atoms with Crippen molar-refractivity contribution in [3.05, 3.63) is 76.7 Å². The van der Waals surface area contributed by atoms with E-state index in [0.717, 1.165) is 23.2 Å². The molecule has 0 aliphatic heterocycles. The summed E-state index contributed by atoms with van der Waals surface area (Å²) in [7, 11) is 0. The Labute approximate surface area is 148 Å². The molecule has 4 rings (SSSR count). The summed E-state index contributed by atoms with van der Waals surface area (Å²) in [6.45, 7) is -0.227. The lowest BCUT2D eigenvalue weighted by Crippen LogP contribution is -2.29. The van der Waals surface area contributed by atoms with E-state index >= 15 is 0 Å². The van der Waals surface area contributed by atoms with Crippen LogP contribution >= 0.6 is 0 Å². The van der Waals surface area contributed by atoms with Crippen molar-refractivity contribution in [3.63, 3.8) is 0 Å². The molecule has 0 spiro atoms. The number of carbonyl (C=O) groups excluding carboxylic acids is 1. The second kappa shape index (κ2) is 6.59. The van der Waals surface area contributed by atoms with Crippen molar-refractivity contribution in [2.24, 2.45) is 0 Å². The van der Waals surface area contributed by atoms with Crippen LogP contribution in [0.25, 0.3) is 5.69 Å². The van der Waals surface area contributed by atoms with E-state index in [9.17, 15) is 14.0 Å². The van der Waals surface area contributed by atoms with Crippen molar-refractivity contribution >= 4 is 11.6 Å². The normalized spacial score (nSPS) is 13.6. The Morgan fingerprint density at radius 3 is 2.62 bits per heavy atom. The average Bonchev–Trinajstić information content (AvgIpc) is 3.41. The molecule has 0 bridgehead atoms. The Hall–Kier alpha value is -3.22. The van der Waals surface area contributed by atoms with Crippen molar-refractivity contribution in [2.75, 3.05) is 5.32 Å². The van der Waals surface area contributed by atoms with E-state index in [4.69, 9.17) is 0 Å². The molecule has 0 unspecified atom stereocenters. The van der Waals surface area contributed by atoms with Crippen LogP contribution in [0.2, 0.25) is 0 Å². The number of amides is 1. The van der Waals surface area contributed by atoms with E-state index < -0.39 is 11.7 Å². The number of hydrogen-bond donors (Lipinski definition) is 1. The number of rotatable bonds is 5. The number of anilines is 1. The molecule has 1 aliphatic rings. The monoisotopic (exact) mass is 352 g/mol. The van der Waals surface area contributed by atoms with Gasteiger partial charge < -0.3 is 5.32 Å². The van der Waals surface area contributed by atoms with Gasteiger partial charge in [0.1, 0.15) is 18.2 Å². The molecule has 0 atom stereocenters. The predicted octanol–water partition coefficient (Wildman–Crippen LogP) is 2.69. The predicted molar refractivity (Wildman–Crippen MR) is 94.8 cm³/mol. The molecule has 2 aromatic carbocycles. The number of benzene rings is 2. The van der Waals surface area contributed by atoms with Gasteiger partial charge in [-0.15, -0.1) is 0 Å². The molecule has 1 fully saturated rings. The third kappa shape index (κ3) is 3.28. The summed E-state index contributed by atoms with van der Waals surface area (Å²) in [4.78, 5) is 25.0. The lowest BCUT2D eigenvalue weighted by Gasteiger charge is -2.04. The molecule has 26 heavy (non-hydrogen) atoms. The second-order valence-electron chi connectivity index (χ2n) is 6.30. The minimum atomic E-state index is -0.440. The highest BCUT2D eigenvalue weighted by atomic mass is 19.1. The Bertz CT molecular complexity index is 1010. The van der Waals surface area contributed by atoms with E-state index in [1.54, 1.807) is 10.6 Å². The Balaban J connectivity index is 1.61. The number of para-hydroxylation sites is 1. The van der Waals surface area contributed by atoms with Gasteiger partial charge in [0.15, 0.2) is 0 Å². The lowest BCUT2D eigenvalue weighted by molar-refractivity contribution is -0.117. The van der Waals surface area contributed by atoms with Crippen LogP contribution in [0, 0.1) is 5.82 Å². The third-order valence-electron chi connectivity index (χ3n) is 4.22. The molecule has 1 aliphatic carbocycles. The first-order chi connectivity index (χ1) is 12.6. The minimum absolute atomic E-state index is 0.227. The van der Waals surface area contributed by atoms with Crippen LogP contribution < -0.4 is 11.0 Å². The van der Waals surface area contributed by atoms with Gasteiger partial charge in [-0.3, -0.25) is 4.79 Å². The molecule has 1 heterocycles. The van der Waals surface area contributed by atoms with Gasteiger partial charge in [-0.25, -0.2) is 18.4 Å². The maximum Gasteiger partial charge on any atom is 0.351 e. The number of nitrogens with zero attached hydrogens (tertiary/aromatic N) is 3. The molecular formula is C19H17FN4O2. The van der Waals surface area contributed by atoms with E-state index in [1.807, 2.05) is 30.3 Å². The number of halogens is 1. The largest absolute Gasteiger partial charge is 0.351 e. The summed E-state index contributed by atoms with van der Waals surface area (Å²) in [5, 5.41) is 6.96. The van der Waals surface area contributed by atoms with Crippen molar-refractivity contribution in [2.45, 2.75) is 25.3 Å². The first-order valence-electron chi connectivity index (χ1n) is 8.42. The standard InChI is InChI=1S/C19H17FN4O2/c20-14-5-4-6-15(11-14)21-17(25)12-23-19(26)24(16-7-2-1-3-8-16)18(22-23)13-9-10-13/h1-8,11,13H,9-10,12H2,(H,21,25). The summed E-state index contributed by atoms with van der Waals surface area (Å²) in [6.07, 6.45) is 1.97. The fourth-order valence-corrected chi connectivity index (χ4v) is 2.86. The topological polar surface area (TPSA) is 68.9 Å². The number of carbonyl (C=O) groups is 1. The van der Waals surface area contributed by atoms with Gasteiger partial charge in [-0.1, -0.05) is 24.3 Å². The highest BCUT2D eigenvalue weighted by molar-refractivity contribution is 5.90. The molecule has 1 aromatic heterocycles. The lowest BCUT2D eigenvalue weighted by atomic mass is 10.3. The van der Waals surface area contributed by atoms with Crippen molar-refractivity contribution in [3.8, 4) is 5.69 Å². The summed E-state index contributed by atoms with van der Waals surface area (Å²) >= 11 is 0. The first kappa shape index (κ1) is 16.3. The van der Waals surface area contributed by atoms with Crippen LogP contribution in [0.1, 0.15) is 24.6 Å². The van der Waals surface area contributed by atoms with Gasteiger partial charge >= 0.3 is 5.69 Å². The molecule has 132 valence electrons. The van der Waals surface area contributed by atoms with Gasteiger partial charge in [-0.05, 0) is 43.2 Å². The zero-order valence-electron chi connectivity index (χ0n) is 13.9. The van der Waals surface area contributed by atoms with Gasteiger partial charge in [0.2, 0.25) is 5.91 Å². The van der Waals surface area contributed by atoms with E-state index in [2.05, 4.69) is 10.4 Å². The van der Waals surface area contributed by atoms with Crippen molar-refractivity contribution in [1.82, 2.24) is 14.3 Å². The Morgan fingerprint density at radius 2 is 1.92 bits per heavy atom. The maximum absolute atomic E-state index is 13.2. The molecule has 1 saturated carbocycles. The Kier molecular flexibility index (Phi) is 4.12. The van der Waals surface area contributed by atoms with Crippen LogP contribution in [0.4, 0.5) is 10.1 Å². The first-order valence-corrected chi connectivity index (χ1v) is 8.42. The number of hydrogen-bond acceptors (Lipinski definition) is 3. The van der Waals surface area contributed by atoms with Crippen molar-refractivity contribution in [1.29, 1.82) is 0 Å². The van der Waals surface area contributed by atoms with Gasteiger partial charge in [0, 0.05) is 11.6 Å². The second-order valence-corrected chi connectivity index (χ2v) is 6.30. The molecule has 1 N–H and O–H groups in total. The van der Waals surface area contributed by atoms with Crippen LogP contribution in [0.3, 0.4) is 0 Å². The summed E-state index contributed by atoms with van der Waals surface area (Å²) < 4.78 is 16.0. The zero-order chi connectivity index (χ0) is 18.1. The van der Waals surface area contributed by atoms with Crippen molar-refractivity contribution < 1.29 is 9.18 Å². The molecule has 1 amide bonds. The van der Waals surface area contributed by atoms with Gasteiger partial charge in [0.05, 0.1) is 5.69 Å². The number of aromatic nitrogens is 3. The molecule has 0 saturated heterocycles. The molecule has 6 nitrogen and oxygen atoms in total. The third-order valence-corrected chi connectivity index (χ3v) is 4.22. The molecule has 7 heteroatoms. The SMILES string of the molecule is O=C(Cn1nc(C2CC2)n(-c2ccccc2)c1=O)Nc1cccc(F)c1.